The van der Waals surface area contributed by atoms with Crippen molar-refractivity contribution in [1.29, 1.82) is 0 Å². The van der Waals surface area contributed by atoms with Crippen LogP contribution in [0, 0.1) is 18.6 Å². The highest BCUT2D eigenvalue weighted by Gasteiger charge is 2.21. The quantitative estimate of drug-likeness (QED) is 0.649. The van der Waals surface area contributed by atoms with Gasteiger partial charge in [0.15, 0.2) is 0 Å². The summed E-state index contributed by atoms with van der Waals surface area (Å²) in [7, 11) is 0. The topological polar surface area (TPSA) is 51.2 Å². The maximum Gasteiger partial charge on any atom is 0.133 e. The zero-order chi connectivity index (χ0) is 13.1. The molecule has 5 heteroatoms. The standard InChI is InChI=1S/C13H14F2N2O/c1-8-4-5-10(14)12(13(8)15)11(17-16)7-9-3-2-6-18-9/h2-6,11,17H,7,16H2,1H3. The lowest BCUT2D eigenvalue weighted by Crippen LogP contribution is -2.31. The SMILES string of the molecule is Cc1ccc(F)c(C(Cc2ccco2)NN)c1F. The van der Waals surface area contributed by atoms with Crippen LogP contribution >= 0.6 is 0 Å². The Balaban J connectivity index is 2.35. The van der Waals surface area contributed by atoms with Gasteiger partial charge in [0.25, 0.3) is 0 Å². The van der Waals surface area contributed by atoms with Gasteiger partial charge in [-0.1, -0.05) is 6.07 Å². The Hall–Kier alpha value is -1.72. The molecule has 2 rings (SSSR count). The first-order chi connectivity index (χ1) is 8.63. The van der Waals surface area contributed by atoms with Crippen molar-refractivity contribution >= 4 is 0 Å². The Kier molecular flexibility index (Phi) is 3.74. The van der Waals surface area contributed by atoms with Gasteiger partial charge >= 0.3 is 0 Å². The van der Waals surface area contributed by atoms with E-state index in [1.165, 1.54) is 18.4 Å². The van der Waals surface area contributed by atoms with Crippen molar-refractivity contribution in [3.63, 3.8) is 0 Å². The summed E-state index contributed by atoms with van der Waals surface area (Å²) in [6.07, 6.45) is 1.78. The minimum atomic E-state index is -0.670. The lowest BCUT2D eigenvalue weighted by molar-refractivity contribution is 0.427. The molecule has 18 heavy (non-hydrogen) atoms. The summed E-state index contributed by atoms with van der Waals surface area (Å²) in [6, 6.07) is 5.41. The maximum atomic E-state index is 14.0. The molecule has 96 valence electrons. The molecule has 3 N–H and O–H groups in total. The van der Waals surface area contributed by atoms with E-state index < -0.39 is 17.7 Å². The molecule has 1 aromatic heterocycles. The number of nitrogens with one attached hydrogen (secondary N) is 1. The van der Waals surface area contributed by atoms with Crippen molar-refractivity contribution in [3.05, 3.63) is 59.1 Å². The van der Waals surface area contributed by atoms with Crippen molar-refractivity contribution in [2.24, 2.45) is 5.84 Å². The molecule has 0 saturated heterocycles. The van der Waals surface area contributed by atoms with E-state index in [0.29, 0.717) is 11.3 Å². The van der Waals surface area contributed by atoms with E-state index >= 15 is 0 Å². The number of furan rings is 1. The van der Waals surface area contributed by atoms with Gasteiger partial charge in [-0.3, -0.25) is 11.3 Å². The van der Waals surface area contributed by atoms with Gasteiger partial charge in [-0.2, -0.15) is 0 Å². The summed E-state index contributed by atoms with van der Waals surface area (Å²) in [5.74, 6) is 4.80. The first-order valence-corrected chi connectivity index (χ1v) is 5.56. The van der Waals surface area contributed by atoms with Gasteiger partial charge in [0, 0.05) is 12.0 Å². The van der Waals surface area contributed by atoms with Crippen LogP contribution in [0.15, 0.2) is 34.9 Å². The molecule has 0 fully saturated rings. The summed E-state index contributed by atoms with van der Waals surface area (Å²) in [6.45, 7) is 1.58. The van der Waals surface area contributed by atoms with Crippen LogP contribution in [0.1, 0.15) is 22.9 Å². The molecule has 1 atom stereocenters. The van der Waals surface area contributed by atoms with Crippen molar-refractivity contribution in [1.82, 2.24) is 5.43 Å². The molecule has 2 aromatic rings. The molecule has 0 aliphatic rings. The molecule has 0 saturated carbocycles. The lowest BCUT2D eigenvalue weighted by Gasteiger charge is -2.17. The third-order valence-electron chi connectivity index (χ3n) is 2.85. The van der Waals surface area contributed by atoms with Crippen molar-refractivity contribution in [2.75, 3.05) is 0 Å². The van der Waals surface area contributed by atoms with Crippen LogP contribution in [0.4, 0.5) is 8.78 Å². The third-order valence-corrected chi connectivity index (χ3v) is 2.85. The van der Waals surface area contributed by atoms with E-state index in [2.05, 4.69) is 5.43 Å². The number of hydrogen-bond donors (Lipinski definition) is 2. The second-order valence-electron chi connectivity index (χ2n) is 4.09. The number of benzene rings is 1. The Bertz CT molecular complexity index is 526. The zero-order valence-corrected chi connectivity index (χ0v) is 9.91. The van der Waals surface area contributed by atoms with Crippen LogP contribution in [0.5, 0.6) is 0 Å². The number of nitrogens with two attached hydrogens (primary N) is 1. The fraction of sp³-hybridized carbons (Fsp3) is 0.231. The van der Waals surface area contributed by atoms with Crippen LogP contribution in [-0.4, -0.2) is 0 Å². The number of hydrogen-bond acceptors (Lipinski definition) is 3. The molecular weight excluding hydrogens is 238 g/mol. The zero-order valence-electron chi connectivity index (χ0n) is 9.91. The molecule has 0 amide bonds. The van der Waals surface area contributed by atoms with Crippen molar-refractivity contribution in [2.45, 2.75) is 19.4 Å². The summed E-state index contributed by atoms with van der Waals surface area (Å²) >= 11 is 0. The van der Waals surface area contributed by atoms with E-state index in [0.717, 1.165) is 0 Å². The molecule has 1 aromatic carbocycles. The normalized spacial score (nSPS) is 12.7. The van der Waals surface area contributed by atoms with Gasteiger partial charge in [0.05, 0.1) is 12.3 Å². The maximum absolute atomic E-state index is 14.0. The van der Waals surface area contributed by atoms with Crippen LogP contribution in [-0.2, 0) is 6.42 Å². The van der Waals surface area contributed by atoms with E-state index in [4.69, 9.17) is 10.3 Å². The van der Waals surface area contributed by atoms with Crippen LogP contribution in [0.2, 0.25) is 0 Å². The summed E-state index contributed by atoms with van der Waals surface area (Å²) in [4.78, 5) is 0. The average Bonchev–Trinajstić information content (AvgIpc) is 2.86. The Labute approximate surface area is 104 Å². The monoisotopic (exact) mass is 252 g/mol. The predicted octanol–water partition coefficient (Wildman–Crippen LogP) is 2.61. The highest BCUT2D eigenvalue weighted by atomic mass is 19.1. The number of hydrazine groups is 1. The van der Waals surface area contributed by atoms with Crippen LogP contribution < -0.4 is 11.3 Å². The molecule has 0 spiro atoms. The van der Waals surface area contributed by atoms with Gasteiger partial charge in [0.2, 0.25) is 0 Å². The molecule has 3 nitrogen and oxygen atoms in total. The van der Waals surface area contributed by atoms with Gasteiger partial charge in [-0.25, -0.2) is 8.78 Å². The first kappa shape index (κ1) is 12.7. The second-order valence-corrected chi connectivity index (χ2v) is 4.09. The fourth-order valence-corrected chi connectivity index (χ4v) is 1.87. The highest BCUT2D eigenvalue weighted by molar-refractivity contribution is 5.30. The number of halogens is 2. The van der Waals surface area contributed by atoms with Crippen LogP contribution in [0.25, 0.3) is 0 Å². The van der Waals surface area contributed by atoms with E-state index in [1.54, 1.807) is 19.1 Å². The average molecular weight is 252 g/mol. The molecule has 1 heterocycles. The molecule has 0 bridgehead atoms. The van der Waals surface area contributed by atoms with Gasteiger partial charge in [0.1, 0.15) is 17.4 Å². The largest absolute Gasteiger partial charge is 0.469 e. The molecule has 0 aliphatic heterocycles. The molecule has 1 unspecified atom stereocenters. The summed E-state index contributed by atoms with van der Waals surface area (Å²) < 4.78 is 32.8. The highest BCUT2D eigenvalue weighted by Crippen LogP contribution is 2.25. The van der Waals surface area contributed by atoms with Crippen molar-refractivity contribution < 1.29 is 13.2 Å². The molecular formula is C13H14F2N2O. The Morgan fingerprint density at radius 2 is 2.11 bits per heavy atom. The first-order valence-electron chi connectivity index (χ1n) is 5.56. The fourth-order valence-electron chi connectivity index (χ4n) is 1.87. The van der Waals surface area contributed by atoms with Crippen molar-refractivity contribution in [3.8, 4) is 0 Å². The van der Waals surface area contributed by atoms with Gasteiger partial charge in [-0.05, 0) is 30.7 Å². The third kappa shape index (κ3) is 2.42. The minimum absolute atomic E-state index is 0.0612. The smallest absolute Gasteiger partial charge is 0.133 e. The van der Waals surface area contributed by atoms with Gasteiger partial charge in [-0.15, -0.1) is 0 Å². The molecule has 0 aliphatic carbocycles. The summed E-state index contributed by atoms with van der Waals surface area (Å²) in [5.41, 5.74) is 2.74. The van der Waals surface area contributed by atoms with Gasteiger partial charge < -0.3 is 4.42 Å². The minimum Gasteiger partial charge on any atom is -0.469 e. The number of rotatable bonds is 4. The van der Waals surface area contributed by atoms with Crippen LogP contribution in [0.3, 0.4) is 0 Å². The lowest BCUT2D eigenvalue weighted by atomic mass is 9.99. The predicted molar refractivity (Wildman–Crippen MR) is 63.6 cm³/mol. The summed E-state index contributed by atoms with van der Waals surface area (Å²) in [5, 5.41) is 0. The van der Waals surface area contributed by atoms with E-state index in [1.807, 2.05) is 0 Å². The Morgan fingerprint density at radius 1 is 1.33 bits per heavy atom. The second kappa shape index (κ2) is 5.29. The Morgan fingerprint density at radius 3 is 2.72 bits per heavy atom. The number of aryl methyl sites for hydroxylation is 1. The molecule has 0 radical (unpaired) electrons. The van der Waals surface area contributed by atoms with E-state index in [9.17, 15) is 8.78 Å². The van der Waals surface area contributed by atoms with E-state index in [-0.39, 0.29) is 12.0 Å².